The first-order valence-corrected chi connectivity index (χ1v) is 8.06. The van der Waals surface area contributed by atoms with E-state index in [9.17, 15) is 4.79 Å². The molecular formula is C19H13ClN4O. The van der Waals surface area contributed by atoms with Gasteiger partial charge in [0.05, 0.1) is 16.6 Å². The smallest absolute Gasteiger partial charge is 0.267 e. The fourth-order valence-corrected chi connectivity index (χ4v) is 2.78. The molecule has 2 heterocycles. The second-order valence-electron chi connectivity index (χ2n) is 5.41. The van der Waals surface area contributed by atoms with Gasteiger partial charge in [-0.25, -0.2) is 14.5 Å². The summed E-state index contributed by atoms with van der Waals surface area (Å²) in [6, 6.07) is 19.9. The molecule has 1 N–H and O–H groups in total. The second kappa shape index (κ2) is 6.37. The van der Waals surface area contributed by atoms with Gasteiger partial charge in [-0.05, 0) is 42.5 Å². The summed E-state index contributed by atoms with van der Waals surface area (Å²) in [5.74, 6) is 0.997. The zero-order valence-electron chi connectivity index (χ0n) is 13.1. The van der Waals surface area contributed by atoms with Gasteiger partial charge in [-0.15, -0.1) is 0 Å². The van der Waals surface area contributed by atoms with Crippen LogP contribution < -0.4 is 10.9 Å². The highest BCUT2D eigenvalue weighted by Gasteiger charge is 2.13. The summed E-state index contributed by atoms with van der Waals surface area (Å²) in [4.78, 5) is 21.9. The van der Waals surface area contributed by atoms with Crippen LogP contribution in [0.3, 0.4) is 0 Å². The first-order chi connectivity index (χ1) is 12.2. The SMILES string of the molecule is O=c1c2cc(Cl)ccc2nc(Nc2ccccn2)n1-c1ccccc1. The zero-order valence-corrected chi connectivity index (χ0v) is 13.8. The van der Waals surface area contributed by atoms with Gasteiger partial charge in [-0.3, -0.25) is 4.79 Å². The molecule has 0 aliphatic heterocycles. The quantitative estimate of drug-likeness (QED) is 0.603. The molecule has 0 saturated heterocycles. The first kappa shape index (κ1) is 15.4. The maximum Gasteiger partial charge on any atom is 0.267 e. The normalized spacial score (nSPS) is 10.8. The van der Waals surface area contributed by atoms with Crippen LogP contribution in [-0.4, -0.2) is 14.5 Å². The van der Waals surface area contributed by atoms with Gasteiger partial charge in [0.15, 0.2) is 0 Å². The van der Waals surface area contributed by atoms with Crippen LogP contribution in [-0.2, 0) is 0 Å². The van der Waals surface area contributed by atoms with Crippen LogP contribution in [0.4, 0.5) is 11.8 Å². The van der Waals surface area contributed by atoms with Crippen molar-refractivity contribution in [3.8, 4) is 5.69 Å². The molecule has 0 unspecified atom stereocenters. The number of pyridine rings is 1. The number of hydrogen-bond acceptors (Lipinski definition) is 4. The van der Waals surface area contributed by atoms with Crippen molar-refractivity contribution in [2.24, 2.45) is 0 Å². The van der Waals surface area contributed by atoms with Crippen molar-refractivity contribution < 1.29 is 0 Å². The molecule has 0 atom stereocenters. The summed E-state index contributed by atoms with van der Waals surface area (Å²) in [7, 11) is 0. The van der Waals surface area contributed by atoms with E-state index in [0.717, 1.165) is 0 Å². The van der Waals surface area contributed by atoms with E-state index in [1.807, 2.05) is 48.5 Å². The highest BCUT2D eigenvalue weighted by atomic mass is 35.5. The van der Waals surface area contributed by atoms with Crippen LogP contribution in [0.1, 0.15) is 0 Å². The molecule has 0 amide bonds. The Morgan fingerprint density at radius 1 is 0.960 bits per heavy atom. The Kier molecular flexibility index (Phi) is 3.91. The van der Waals surface area contributed by atoms with Crippen molar-refractivity contribution in [1.82, 2.24) is 14.5 Å². The van der Waals surface area contributed by atoms with Crippen molar-refractivity contribution in [2.45, 2.75) is 0 Å². The number of rotatable bonds is 3. The lowest BCUT2D eigenvalue weighted by Gasteiger charge is -2.14. The number of nitrogens with one attached hydrogen (secondary N) is 1. The van der Waals surface area contributed by atoms with E-state index >= 15 is 0 Å². The Balaban J connectivity index is 1.99. The standard InChI is InChI=1S/C19H13ClN4O/c20-13-9-10-16-15(12-13)18(25)24(14-6-2-1-3-7-14)19(22-16)23-17-8-4-5-11-21-17/h1-12H,(H,21,22,23). The molecule has 0 fully saturated rings. The molecule has 2 aromatic heterocycles. The van der Waals surface area contributed by atoms with Crippen LogP contribution in [0, 0.1) is 0 Å². The Bertz CT molecular complexity index is 1090. The molecule has 25 heavy (non-hydrogen) atoms. The Morgan fingerprint density at radius 2 is 1.76 bits per heavy atom. The number of hydrogen-bond donors (Lipinski definition) is 1. The summed E-state index contributed by atoms with van der Waals surface area (Å²) in [5, 5.41) is 4.08. The van der Waals surface area contributed by atoms with E-state index in [1.165, 1.54) is 4.57 Å². The molecular weight excluding hydrogens is 336 g/mol. The molecule has 6 heteroatoms. The number of aromatic nitrogens is 3. The van der Waals surface area contributed by atoms with Crippen LogP contribution in [0.15, 0.2) is 77.7 Å². The lowest BCUT2D eigenvalue weighted by Crippen LogP contribution is -2.23. The molecule has 5 nitrogen and oxygen atoms in total. The number of fused-ring (bicyclic) bond motifs is 1. The molecule has 0 saturated carbocycles. The van der Waals surface area contributed by atoms with E-state index in [4.69, 9.17) is 11.6 Å². The van der Waals surface area contributed by atoms with Gasteiger partial charge in [-0.2, -0.15) is 0 Å². The third kappa shape index (κ3) is 2.97. The second-order valence-corrected chi connectivity index (χ2v) is 5.85. The van der Waals surface area contributed by atoms with E-state index in [0.29, 0.717) is 33.4 Å². The minimum atomic E-state index is -0.197. The number of anilines is 2. The monoisotopic (exact) mass is 348 g/mol. The first-order valence-electron chi connectivity index (χ1n) is 7.68. The van der Waals surface area contributed by atoms with Crippen molar-refractivity contribution in [1.29, 1.82) is 0 Å². The van der Waals surface area contributed by atoms with Gasteiger partial charge in [0.1, 0.15) is 5.82 Å². The van der Waals surface area contributed by atoms with Crippen molar-refractivity contribution in [3.63, 3.8) is 0 Å². The summed E-state index contributed by atoms with van der Waals surface area (Å²) in [6.07, 6.45) is 1.67. The molecule has 2 aromatic carbocycles. The third-order valence-corrected chi connectivity index (χ3v) is 3.98. The lowest BCUT2D eigenvalue weighted by atomic mass is 10.2. The van der Waals surface area contributed by atoms with Gasteiger partial charge in [0, 0.05) is 11.2 Å². The van der Waals surface area contributed by atoms with Crippen molar-refractivity contribution in [3.05, 3.63) is 88.3 Å². The van der Waals surface area contributed by atoms with Crippen molar-refractivity contribution in [2.75, 3.05) is 5.32 Å². The van der Waals surface area contributed by atoms with E-state index < -0.39 is 0 Å². The summed E-state index contributed by atoms with van der Waals surface area (Å²) in [5.41, 5.74) is 1.08. The summed E-state index contributed by atoms with van der Waals surface area (Å²) in [6.45, 7) is 0. The van der Waals surface area contributed by atoms with Crippen LogP contribution in [0.2, 0.25) is 5.02 Å². The summed E-state index contributed by atoms with van der Waals surface area (Å²) >= 11 is 6.06. The minimum absolute atomic E-state index is 0.197. The molecule has 4 rings (SSSR count). The van der Waals surface area contributed by atoms with Crippen LogP contribution in [0.25, 0.3) is 16.6 Å². The fraction of sp³-hybridized carbons (Fsp3) is 0. The summed E-state index contributed by atoms with van der Waals surface area (Å²) < 4.78 is 1.52. The van der Waals surface area contributed by atoms with Gasteiger partial charge in [0.2, 0.25) is 5.95 Å². The average molecular weight is 349 g/mol. The number of nitrogens with zero attached hydrogens (tertiary/aromatic N) is 3. The predicted octanol–water partition coefficient (Wildman–Crippen LogP) is 4.18. The van der Waals surface area contributed by atoms with Crippen LogP contribution in [0.5, 0.6) is 0 Å². The minimum Gasteiger partial charge on any atom is -0.310 e. The van der Waals surface area contributed by atoms with Gasteiger partial charge >= 0.3 is 0 Å². The van der Waals surface area contributed by atoms with Crippen molar-refractivity contribution >= 4 is 34.3 Å². The molecule has 0 aliphatic carbocycles. The van der Waals surface area contributed by atoms with E-state index in [1.54, 1.807) is 24.4 Å². The topological polar surface area (TPSA) is 59.8 Å². The van der Waals surface area contributed by atoms with E-state index in [2.05, 4.69) is 15.3 Å². The van der Waals surface area contributed by atoms with Gasteiger partial charge in [0.25, 0.3) is 5.56 Å². The Hall–Kier alpha value is -3.18. The molecule has 0 aliphatic rings. The fourth-order valence-electron chi connectivity index (χ4n) is 2.61. The molecule has 122 valence electrons. The molecule has 4 aromatic rings. The average Bonchev–Trinajstić information content (AvgIpc) is 2.64. The Morgan fingerprint density at radius 3 is 2.52 bits per heavy atom. The predicted molar refractivity (Wildman–Crippen MR) is 99.9 cm³/mol. The van der Waals surface area contributed by atoms with E-state index in [-0.39, 0.29) is 5.56 Å². The van der Waals surface area contributed by atoms with Gasteiger partial charge < -0.3 is 5.32 Å². The molecule has 0 spiro atoms. The number of benzene rings is 2. The Labute approximate surface area is 148 Å². The zero-order chi connectivity index (χ0) is 17.2. The van der Waals surface area contributed by atoms with Crippen LogP contribution >= 0.6 is 11.6 Å². The largest absolute Gasteiger partial charge is 0.310 e. The number of halogens is 1. The highest BCUT2D eigenvalue weighted by molar-refractivity contribution is 6.31. The highest BCUT2D eigenvalue weighted by Crippen LogP contribution is 2.21. The molecule has 0 radical (unpaired) electrons. The molecule has 0 bridgehead atoms. The maximum atomic E-state index is 13.1. The third-order valence-electron chi connectivity index (χ3n) is 3.75. The van der Waals surface area contributed by atoms with Gasteiger partial charge in [-0.1, -0.05) is 35.9 Å². The maximum absolute atomic E-state index is 13.1. The number of para-hydroxylation sites is 1. The lowest BCUT2D eigenvalue weighted by molar-refractivity contribution is 0.971.